The van der Waals surface area contributed by atoms with Gasteiger partial charge in [0.25, 0.3) is 0 Å². The van der Waals surface area contributed by atoms with Crippen molar-refractivity contribution in [3.8, 4) is 5.75 Å². The molecule has 1 atom stereocenters. The van der Waals surface area contributed by atoms with Crippen LogP contribution in [0.25, 0.3) is 0 Å². The maximum Gasteiger partial charge on any atom is 0.347 e. The van der Waals surface area contributed by atoms with Crippen LogP contribution in [0.1, 0.15) is 17.5 Å². The van der Waals surface area contributed by atoms with E-state index in [0.29, 0.717) is 18.8 Å². The Morgan fingerprint density at radius 3 is 1.93 bits per heavy atom. The number of benzene rings is 3. The maximum absolute atomic E-state index is 11.7. The highest BCUT2D eigenvalue weighted by Gasteiger charge is 2.32. The molecule has 0 aromatic heterocycles. The third-order valence-corrected chi connectivity index (χ3v) is 7.39. The van der Waals surface area contributed by atoms with E-state index in [2.05, 4.69) is 74.5 Å². The van der Waals surface area contributed by atoms with Gasteiger partial charge in [-0.25, -0.2) is 4.79 Å². The van der Waals surface area contributed by atoms with Gasteiger partial charge in [-0.2, -0.15) is 0 Å². The van der Waals surface area contributed by atoms with E-state index in [1.165, 1.54) is 25.8 Å². The largest absolute Gasteiger partial charge is 0.479 e. The molecule has 1 aliphatic heterocycles. The zero-order valence-electron chi connectivity index (χ0n) is 16.1. The van der Waals surface area contributed by atoms with Gasteiger partial charge in [-0.1, -0.05) is 36.4 Å². The molecule has 3 aromatic rings. The SMILES string of the molecule is Cc1ccccc1[S+](c1ccc(OC2CCOC2=O)cc1)c1ccccc1C. The molecule has 0 amide bonds. The zero-order chi connectivity index (χ0) is 19.5. The van der Waals surface area contributed by atoms with Gasteiger partial charge in [0, 0.05) is 17.5 Å². The fraction of sp³-hybridized carbons (Fsp3) is 0.208. The van der Waals surface area contributed by atoms with Gasteiger partial charge in [-0.05, 0) is 50.2 Å². The van der Waals surface area contributed by atoms with Crippen molar-refractivity contribution < 1.29 is 14.3 Å². The Kier molecular flexibility index (Phi) is 5.40. The summed E-state index contributed by atoms with van der Waals surface area (Å²) in [5.41, 5.74) is 2.56. The summed E-state index contributed by atoms with van der Waals surface area (Å²) in [5, 5.41) is 0. The Bertz CT molecular complexity index is 936. The average molecular weight is 392 g/mol. The van der Waals surface area contributed by atoms with E-state index >= 15 is 0 Å². The highest BCUT2D eigenvalue weighted by Crippen LogP contribution is 2.35. The van der Waals surface area contributed by atoms with Gasteiger partial charge in [-0.3, -0.25) is 0 Å². The highest BCUT2D eigenvalue weighted by atomic mass is 32.2. The lowest BCUT2D eigenvalue weighted by Crippen LogP contribution is -2.21. The topological polar surface area (TPSA) is 35.5 Å². The second-order valence-electron chi connectivity index (χ2n) is 6.87. The first-order valence-electron chi connectivity index (χ1n) is 9.42. The lowest BCUT2D eigenvalue weighted by atomic mass is 10.2. The van der Waals surface area contributed by atoms with Crippen LogP contribution in [0.4, 0.5) is 0 Å². The first-order valence-corrected chi connectivity index (χ1v) is 10.6. The van der Waals surface area contributed by atoms with Crippen LogP contribution in [0.3, 0.4) is 0 Å². The van der Waals surface area contributed by atoms with Crippen LogP contribution in [-0.4, -0.2) is 18.7 Å². The quantitative estimate of drug-likeness (QED) is 0.449. The molecule has 4 heteroatoms. The van der Waals surface area contributed by atoms with Crippen LogP contribution in [0.5, 0.6) is 5.75 Å². The molecule has 0 saturated carbocycles. The van der Waals surface area contributed by atoms with Gasteiger partial charge in [0.1, 0.15) is 5.75 Å². The number of carbonyl (C=O) groups is 1. The lowest BCUT2D eigenvalue weighted by Gasteiger charge is -2.13. The van der Waals surface area contributed by atoms with Crippen molar-refractivity contribution in [2.75, 3.05) is 6.61 Å². The molecule has 1 aliphatic rings. The second kappa shape index (κ2) is 8.11. The standard InChI is InChI=1S/C24H23O3S/c1-17-7-3-5-9-22(17)28(23-10-6-4-8-18(23)2)20-13-11-19(12-14-20)27-21-15-16-26-24(21)25/h3-14,21H,15-16H2,1-2H3/q+1. The summed E-state index contributed by atoms with van der Waals surface area (Å²) in [6, 6.07) is 25.2. The minimum Gasteiger partial charge on any atom is -0.479 e. The molecule has 3 nitrogen and oxygen atoms in total. The molecule has 4 rings (SSSR count). The monoisotopic (exact) mass is 391 g/mol. The number of ether oxygens (including phenoxy) is 2. The zero-order valence-corrected chi connectivity index (χ0v) is 16.9. The van der Waals surface area contributed by atoms with Gasteiger partial charge in [0.15, 0.2) is 20.8 Å². The maximum atomic E-state index is 11.7. The van der Waals surface area contributed by atoms with Crippen molar-refractivity contribution in [1.82, 2.24) is 0 Å². The fourth-order valence-corrected chi connectivity index (χ4v) is 5.71. The number of hydrogen-bond donors (Lipinski definition) is 0. The van der Waals surface area contributed by atoms with Crippen LogP contribution in [0, 0.1) is 13.8 Å². The molecular formula is C24H23O3S+. The van der Waals surface area contributed by atoms with E-state index in [1.54, 1.807) is 0 Å². The van der Waals surface area contributed by atoms with Crippen LogP contribution >= 0.6 is 0 Å². The Labute approximate surface area is 168 Å². The third kappa shape index (κ3) is 3.78. The van der Waals surface area contributed by atoms with Crippen molar-refractivity contribution in [2.45, 2.75) is 41.1 Å². The normalized spacial score (nSPS) is 16.2. The number of esters is 1. The van der Waals surface area contributed by atoms with E-state index in [9.17, 15) is 4.79 Å². The first-order chi connectivity index (χ1) is 13.6. The fourth-order valence-electron chi connectivity index (χ4n) is 3.35. The van der Waals surface area contributed by atoms with Crippen molar-refractivity contribution >= 4 is 16.9 Å². The molecule has 0 radical (unpaired) electrons. The minimum atomic E-state index is -0.489. The average Bonchev–Trinajstić information content (AvgIpc) is 3.11. The summed E-state index contributed by atoms with van der Waals surface area (Å²) in [5.74, 6) is 0.425. The molecule has 28 heavy (non-hydrogen) atoms. The Morgan fingerprint density at radius 2 is 1.43 bits per heavy atom. The van der Waals surface area contributed by atoms with Crippen LogP contribution in [0.2, 0.25) is 0 Å². The van der Waals surface area contributed by atoms with E-state index in [0.717, 1.165) is 0 Å². The molecule has 0 N–H and O–H groups in total. The van der Waals surface area contributed by atoms with Gasteiger partial charge >= 0.3 is 5.97 Å². The predicted molar refractivity (Wildman–Crippen MR) is 111 cm³/mol. The predicted octanol–water partition coefficient (Wildman–Crippen LogP) is 5.09. The summed E-state index contributed by atoms with van der Waals surface area (Å²) in [6.07, 6.45) is 0.119. The van der Waals surface area contributed by atoms with Crippen molar-refractivity contribution in [1.29, 1.82) is 0 Å². The minimum absolute atomic E-state index is 0.204. The van der Waals surface area contributed by atoms with Crippen LogP contribution < -0.4 is 4.74 Å². The summed E-state index contributed by atoms with van der Waals surface area (Å²) < 4.78 is 10.8. The number of carbonyl (C=O) groups excluding carboxylic acids is 1. The molecule has 0 aliphatic carbocycles. The number of hydrogen-bond acceptors (Lipinski definition) is 3. The first kappa shape index (κ1) is 18.6. The molecule has 0 spiro atoms. The van der Waals surface area contributed by atoms with Crippen LogP contribution in [-0.2, 0) is 20.4 Å². The number of cyclic esters (lactones) is 1. The molecule has 1 heterocycles. The lowest BCUT2D eigenvalue weighted by molar-refractivity contribution is -0.143. The Morgan fingerprint density at radius 1 is 0.857 bits per heavy atom. The number of aryl methyl sites for hydroxylation is 2. The summed E-state index contributed by atoms with van der Waals surface area (Å²) in [4.78, 5) is 15.5. The van der Waals surface area contributed by atoms with Gasteiger partial charge in [0.05, 0.1) is 17.5 Å². The summed E-state index contributed by atoms with van der Waals surface area (Å²) >= 11 is 0. The Hall–Kier alpha value is -2.72. The van der Waals surface area contributed by atoms with Crippen molar-refractivity contribution in [2.24, 2.45) is 0 Å². The molecule has 0 bridgehead atoms. The van der Waals surface area contributed by atoms with Gasteiger partial charge < -0.3 is 9.47 Å². The molecule has 1 saturated heterocycles. The van der Waals surface area contributed by atoms with Crippen molar-refractivity contribution in [3.63, 3.8) is 0 Å². The van der Waals surface area contributed by atoms with E-state index in [4.69, 9.17) is 9.47 Å². The summed E-state index contributed by atoms with van der Waals surface area (Å²) in [6.45, 7) is 4.76. The molecule has 3 aromatic carbocycles. The molecule has 1 fully saturated rings. The van der Waals surface area contributed by atoms with Crippen LogP contribution in [0.15, 0.2) is 87.5 Å². The van der Waals surface area contributed by atoms with E-state index in [-0.39, 0.29) is 16.9 Å². The third-order valence-electron chi connectivity index (χ3n) is 4.85. The van der Waals surface area contributed by atoms with E-state index < -0.39 is 6.10 Å². The highest BCUT2D eigenvalue weighted by molar-refractivity contribution is 7.97. The van der Waals surface area contributed by atoms with Gasteiger partial charge in [0.2, 0.25) is 0 Å². The van der Waals surface area contributed by atoms with Crippen molar-refractivity contribution in [3.05, 3.63) is 83.9 Å². The molecular weight excluding hydrogens is 368 g/mol. The molecule has 142 valence electrons. The molecule has 1 unspecified atom stereocenters. The summed E-state index contributed by atoms with van der Waals surface area (Å²) in [7, 11) is -0.204. The second-order valence-corrected chi connectivity index (χ2v) is 8.83. The van der Waals surface area contributed by atoms with Gasteiger partial charge in [-0.15, -0.1) is 0 Å². The Balaban J connectivity index is 1.70. The smallest absolute Gasteiger partial charge is 0.347 e. The number of rotatable bonds is 5. The van der Waals surface area contributed by atoms with E-state index in [1.807, 2.05) is 12.1 Å².